The number of piperazine rings is 1. The summed E-state index contributed by atoms with van der Waals surface area (Å²) < 4.78 is 0. The SMILES string of the molecule is Cc1cccc(N2CCN(CC(C)(C)CS)CC2)c1. The molecule has 0 N–H and O–H groups in total. The molecule has 0 radical (unpaired) electrons. The lowest BCUT2D eigenvalue weighted by atomic mass is 9.95. The van der Waals surface area contributed by atoms with E-state index in [2.05, 4.69) is 67.5 Å². The first-order chi connectivity index (χ1) is 9.00. The van der Waals surface area contributed by atoms with Gasteiger partial charge in [0.05, 0.1) is 0 Å². The largest absolute Gasteiger partial charge is 0.369 e. The van der Waals surface area contributed by atoms with Crippen molar-refractivity contribution in [2.75, 3.05) is 43.4 Å². The van der Waals surface area contributed by atoms with Gasteiger partial charge >= 0.3 is 0 Å². The normalized spacial score (nSPS) is 17.8. The molecule has 0 atom stereocenters. The predicted molar refractivity (Wildman–Crippen MR) is 87.5 cm³/mol. The molecule has 3 heteroatoms. The van der Waals surface area contributed by atoms with Gasteiger partial charge in [-0.25, -0.2) is 0 Å². The molecular formula is C16H26N2S. The maximum Gasteiger partial charge on any atom is 0.0369 e. The molecule has 1 aromatic rings. The fourth-order valence-corrected chi connectivity index (χ4v) is 2.74. The van der Waals surface area contributed by atoms with Gasteiger partial charge in [0.15, 0.2) is 0 Å². The Morgan fingerprint density at radius 2 is 1.84 bits per heavy atom. The van der Waals surface area contributed by atoms with Crippen LogP contribution >= 0.6 is 12.6 Å². The minimum absolute atomic E-state index is 0.314. The van der Waals surface area contributed by atoms with Crippen LogP contribution in [0.4, 0.5) is 5.69 Å². The summed E-state index contributed by atoms with van der Waals surface area (Å²) in [5.74, 6) is 0.949. The molecule has 1 aliphatic heterocycles. The molecule has 0 aromatic heterocycles. The molecule has 2 rings (SSSR count). The van der Waals surface area contributed by atoms with Crippen LogP contribution in [0.15, 0.2) is 24.3 Å². The van der Waals surface area contributed by atoms with Crippen molar-refractivity contribution < 1.29 is 0 Å². The second-order valence-electron chi connectivity index (χ2n) is 6.42. The summed E-state index contributed by atoms with van der Waals surface area (Å²) in [7, 11) is 0. The van der Waals surface area contributed by atoms with Gasteiger partial charge in [0.2, 0.25) is 0 Å². The first-order valence-corrected chi connectivity index (χ1v) is 7.78. The van der Waals surface area contributed by atoms with Gasteiger partial charge in [0.1, 0.15) is 0 Å². The van der Waals surface area contributed by atoms with Crippen LogP contribution in [0.3, 0.4) is 0 Å². The third-order valence-electron chi connectivity index (χ3n) is 3.82. The Hall–Kier alpha value is -0.670. The molecule has 1 fully saturated rings. The van der Waals surface area contributed by atoms with Crippen molar-refractivity contribution in [3.63, 3.8) is 0 Å². The van der Waals surface area contributed by atoms with Gasteiger partial charge in [-0.1, -0.05) is 26.0 Å². The first-order valence-electron chi connectivity index (χ1n) is 7.15. The van der Waals surface area contributed by atoms with Crippen LogP contribution in [0.5, 0.6) is 0 Å². The zero-order valence-electron chi connectivity index (χ0n) is 12.4. The molecule has 0 unspecified atom stereocenters. The van der Waals surface area contributed by atoms with Crippen molar-refractivity contribution in [3.8, 4) is 0 Å². The van der Waals surface area contributed by atoms with E-state index in [4.69, 9.17) is 0 Å². The van der Waals surface area contributed by atoms with Gasteiger partial charge in [-0.05, 0) is 35.8 Å². The third kappa shape index (κ3) is 4.15. The number of rotatable bonds is 4. The molecule has 19 heavy (non-hydrogen) atoms. The highest BCUT2D eigenvalue weighted by molar-refractivity contribution is 7.80. The lowest BCUT2D eigenvalue weighted by Gasteiger charge is -2.39. The van der Waals surface area contributed by atoms with E-state index >= 15 is 0 Å². The third-order valence-corrected chi connectivity index (χ3v) is 4.67. The molecule has 1 aliphatic rings. The standard InChI is InChI=1S/C16H26N2S/c1-14-5-4-6-15(11-14)18-9-7-17(8-10-18)12-16(2,3)13-19/h4-6,11,19H,7-10,12-13H2,1-3H3. The van der Waals surface area contributed by atoms with Crippen LogP contribution in [-0.2, 0) is 0 Å². The molecule has 106 valence electrons. The number of hydrogen-bond donors (Lipinski definition) is 1. The fraction of sp³-hybridized carbons (Fsp3) is 0.625. The van der Waals surface area contributed by atoms with Crippen LogP contribution in [-0.4, -0.2) is 43.4 Å². The summed E-state index contributed by atoms with van der Waals surface area (Å²) in [6.45, 7) is 12.5. The summed E-state index contributed by atoms with van der Waals surface area (Å²) in [6, 6.07) is 8.82. The molecule has 0 saturated carbocycles. The zero-order chi connectivity index (χ0) is 13.9. The fourth-order valence-electron chi connectivity index (χ4n) is 2.64. The second-order valence-corrected chi connectivity index (χ2v) is 6.74. The summed E-state index contributed by atoms with van der Waals surface area (Å²) >= 11 is 4.45. The van der Waals surface area contributed by atoms with Crippen LogP contribution in [0, 0.1) is 12.3 Å². The lowest BCUT2D eigenvalue weighted by Crippen LogP contribution is -2.49. The minimum atomic E-state index is 0.314. The van der Waals surface area contributed by atoms with E-state index in [1.54, 1.807) is 0 Å². The highest BCUT2D eigenvalue weighted by Gasteiger charge is 2.23. The van der Waals surface area contributed by atoms with E-state index in [1.807, 2.05) is 0 Å². The molecular weight excluding hydrogens is 252 g/mol. The molecule has 0 spiro atoms. The molecule has 0 bridgehead atoms. The number of nitrogens with zero attached hydrogens (tertiary/aromatic N) is 2. The summed E-state index contributed by atoms with van der Waals surface area (Å²) in [5.41, 5.74) is 3.03. The molecule has 1 heterocycles. The Morgan fingerprint density at radius 1 is 1.16 bits per heavy atom. The number of anilines is 1. The van der Waals surface area contributed by atoms with Gasteiger partial charge in [0, 0.05) is 38.4 Å². The lowest BCUT2D eigenvalue weighted by molar-refractivity contribution is 0.185. The van der Waals surface area contributed by atoms with Crippen molar-refractivity contribution in [3.05, 3.63) is 29.8 Å². The number of hydrogen-bond acceptors (Lipinski definition) is 3. The summed E-state index contributed by atoms with van der Waals surface area (Å²) in [5, 5.41) is 0. The number of aryl methyl sites for hydroxylation is 1. The van der Waals surface area contributed by atoms with E-state index in [1.165, 1.54) is 11.3 Å². The van der Waals surface area contributed by atoms with E-state index in [0.717, 1.165) is 38.5 Å². The predicted octanol–water partition coefficient (Wildman–Crippen LogP) is 3.07. The average Bonchev–Trinajstić information content (AvgIpc) is 2.39. The van der Waals surface area contributed by atoms with Gasteiger partial charge in [-0.15, -0.1) is 0 Å². The number of thiol groups is 1. The molecule has 0 aliphatic carbocycles. The minimum Gasteiger partial charge on any atom is -0.369 e. The van der Waals surface area contributed by atoms with Gasteiger partial charge < -0.3 is 4.90 Å². The van der Waals surface area contributed by atoms with Crippen LogP contribution in [0.1, 0.15) is 19.4 Å². The van der Waals surface area contributed by atoms with E-state index in [9.17, 15) is 0 Å². The Bertz CT molecular complexity index is 409. The van der Waals surface area contributed by atoms with Crippen molar-refractivity contribution in [2.24, 2.45) is 5.41 Å². The zero-order valence-corrected chi connectivity index (χ0v) is 13.3. The highest BCUT2D eigenvalue weighted by Crippen LogP contribution is 2.22. The van der Waals surface area contributed by atoms with E-state index < -0.39 is 0 Å². The Kier molecular flexibility index (Phi) is 4.80. The van der Waals surface area contributed by atoms with Gasteiger partial charge in [0.25, 0.3) is 0 Å². The quantitative estimate of drug-likeness (QED) is 0.846. The maximum atomic E-state index is 4.45. The Morgan fingerprint density at radius 3 is 2.42 bits per heavy atom. The van der Waals surface area contributed by atoms with Gasteiger partial charge in [-0.2, -0.15) is 12.6 Å². The highest BCUT2D eigenvalue weighted by atomic mass is 32.1. The van der Waals surface area contributed by atoms with Crippen molar-refractivity contribution >= 4 is 18.3 Å². The van der Waals surface area contributed by atoms with Crippen molar-refractivity contribution in [2.45, 2.75) is 20.8 Å². The Labute approximate surface area is 123 Å². The second kappa shape index (κ2) is 6.19. The van der Waals surface area contributed by atoms with Crippen LogP contribution < -0.4 is 4.90 Å². The molecule has 2 nitrogen and oxygen atoms in total. The molecule has 0 amide bonds. The molecule has 1 aromatic carbocycles. The van der Waals surface area contributed by atoms with Crippen LogP contribution in [0.2, 0.25) is 0 Å². The summed E-state index contributed by atoms with van der Waals surface area (Å²) in [4.78, 5) is 5.07. The smallest absolute Gasteiger partial charge is 0.0369 e. The molecule has 1 saturated heterocycles. The van der Waals surface area contributed by atoms with Crippen molar-refractivity contribution in [1.29, 1.82) is 0 Å². The maximum absolute atomic E-state index is 4.45. The van der Waals surface area contributed by atoms with Crippen LogP contribution in [0.25, 0.3) is 0 Å². The van der Waals surface area contributed by atoms with E-state index in [0.29, 0.717) is 5.41 Å². The average molecular weight is 278 g/mol. The van der Waals surface area contributed by atoms with E-state index in [-0.39, 0.29) is 0 Å². The Balaban J connectivity index is 1.89. The first kappa shape index (κ1) is 14.7. The summed E-state index contributed by atoms with van der Waals surface area (Å²) in [6.07, 6.45) is 0. The monoisotopic (exact) mass is 278 g/mol. The topological polar surface area (TPSA) is 6.48 Å². The van der Waals surface area contributed by atoms with Crippen molar-refractivity contribution in [1.82, 2.24) is 4.90 Å². The van der Waals surface area contributed by atoms with Gasteiger partial charge in [-0.3, -0.25) is 4.90 Å². The number of benzene rings is 1.